The van der Waals surface area contributed by atoms with Gasteiger partial charge in [0.2, 0.25) is 11.8 Å². The van der Waals surface area contributed by atoms with Crippen molar-refractivity contribution in [1.29, 1.82) is 0 Å². The molecule has 2 rings (SSSR count). The maximum atomic E-state index is 11.4. The van der Waals surface area contributed by atoms with Crippen molar-refractivity contribution >= 4 is 17.8 Å². The fourth-order valence-corrected chi connectivity index (χ4v) is 1.79. The van der Waals surface area contributed by atoms with E-state index in [0.717, 1.165) is 4.90 Å². The average molecular weight is 213 g/mol. The molecule has 0 radical (unpaired) electrons. The Bertz CT molecular complexity index is 310. The molecule has 1 saturated heterocycles. The van der Waals surface area contributed by atoms with Crippen LogP contribution in [-0.2, 0) is 19.2 Å². The first kappa shape index (κ1) is 10.1. The van der Waals surface area contributed by atoms with E-state index < -0.39 is 5.97 Å². The van der Waals surface area contributed by atoms with E-state index in [1.54, 1.807) is 5.59 Å². The third-order valence-electron chi connectivity index (χ3n) is 2.67. The van der Waals surface area contributed by atoms with Crippen LogP contribution in [0.15, 0.2) is 0 Å². The van der Waals surface area contributed by atoms with E-state index in [0.29, 0.717) is 6.42 Å². The monoisotopic (exact) mass is 213 g/mol. The molecular formula is C8H11N3O4. The summed E-state index contributed by atoms with van der Waals surface area (Å²) in [7, 11) is 0. The highest BCUT2D eigenvalue weighted by molar-refractivity contribution is 6.08. The molecule has 0 aromatic heterocycles. The Hall–Kier alpha value is -1.47. The summed E-state index contributed by atoms with van der Waals surface area (Å²) in [6, 6.07) is 0. The van der Waals surface area contributed by atoms with Gasteiger partial charge in [0, 0.05) is 6.54 Å². The molecule has 0 bridgehead atoms. The number of fused-ring (bicyclic) bond motifs is 1. The number of carbonyl (C=O) groups excluding carboxylic acids is 3. The topological polar surface area (TPSA) is 102 Å². The van der Waals surface area contributed by atoms with Crippen LogP contribution in [0.3, 0.4) is 0 Å². The molecule has 7 nitrogen and oxygen atoms in total. The summed E-state index contributed by atoms with van der Waals surface area (Å²) in [5.41, 5.74) is 1.74. The zero-order valence-electron chi connectivity index (χ0n) is 7.93. The van der Waals surface area contributed by atoms with Crippen LogP contribution in [0.2, 0.25) is 0 Å². The molecule has 2 aliphatic rings. The number of hydrazine groups is 1. The summed E-state index contributed by atoms with van der Waals surface area (Å²) in [4.78, 5) is 39.1. The quantitative estimate of drug-likeness (QED) is 0.328. The maximum absolute atomic E-state index is 11.4. The minimum Gasteiger partial charge on any atom is -0.356 e. The Morgan fingerprint density at radius 3 is 2.60 bits per heavy atom. The number of nitrogens with zero attached hydrogens (tertiary/aromatic N) is 1. The smallest absolute Gasteiger partial charge is 0.328 e. The first-order valence-corrected chi connectivity index (χ1v) is 4.65. The highest BCUT2D eigenvalue weighted by Gasteiger charge is 2.58. The lowest BCUT2D eigenvalue weighted by Crippen LogP contribution is -2.36. The van der Waals surface area contributed by atoms with Gasteiger partial charge >= 0.3 is 5.97 Å². The Labute approximate surface area is 85.5 Å². The zero-order valence-corrected chi connectivity index (χ0v) is 7.93. The van der Waals surface area contributed by atoms with Gasteiger partial charge in [-0.25, -0.2) is 5.84 Å². The molecule has 2 atom stereocenters. The van der Waals surface area contributed by atoms with Gasteiger partial charge in [-0.3, -0.25) is 19.3 Å². The summed E-state index contributed by atoms with van der Waals surface area (Å²) < 4.78 is 0. The summed E-state index contributed by atoms with van der Waals surface area (Å²) in [6.45, 7) is 0.0746. The number of hydrogen-bond acceptors (Lipinski definition) is 6. The number of piperidine rings is 1. The lowest BCUT2D eigenvalue weighted by molar-refractivity contribution is -0.152. The maximum Gasteiger partial charge on any atom is 0.328 e. The normalized spacial score (nSPS) is 27.9. The first-order valence-electron chi connectivity index (χ1n) is 4.65. The number of rotatable bonds is 4. The molecule has 82 valence electrons. The number of likely N-dealkylation sites (tertiary alicyclic amines) is 1. The van der Waals surface area contributed by atoms with E-state index in [-0.39, 0.29) is 36.6 Å². The van der Waals surface area contributed by atoms with Gasteiger partial charge in [-0.15, -0.1) is 0 Å². The summed E-state index contributed by atoms with van der Waals surface area (Å²) in [6.07, 6.45) is 0.629. The SMILES string of the molecule is NNOC(=O)CCN1C(=O)C2CC2C1=O. The lowest BCUT2D eigenvalue weighted by atomic mass is 10.3. The highest BCUT2D eigenvalue weighted by Crippen LogP contribution is 2.46. The Morgan fingerprint density at radius 2 is 2.07 bits per heavy atom. The minimum absolute atomic E-state index is 0.0406. The van der Waals surface area contributed by atoms with Crippen molar-refractivity contribution in [3.63, 3.8) is 0 Å². The third kappa shape index (κ3) is 1.71. The number of amides is 2. The Kier molecular flexibility index (Phi) is 2.41. The van der Waals surface area contributed by atoms with Gasteiger partial charge in [0.05, 0.1) is 18.3 Å². The fraction of sp³-hybridized carbons (Fsp3) is 0.625. The van der Waals surface area contributed by atoms with Crippen molar-refractivity contribution in [2.45, 2.75) is 12.8 Å². The molecule has 1 heterocycles. The van der Waals surface area contributed by atoms with Crippen molar-refractivity contribution < 1.29 is 19.2 Å². The van der Waals surface area contributed by atoms with Gasteiger partial charge in [-0.05, 0) is 6.42 Å². The molecule has 0 spiro atoms. The van der Waals surface area contributed by atoms with Gasteiger partial charge in [0.15, 0.2) is 0 Å². The van der Waals surface area contributed by atoms with Crippen LogP contribution < -0.4 is 11.4 Å². The number of nitrogens with two attached hydrogens (primary N) is 1. The van der Waals surface area contributed by atoms with Crippen molar-refractivity contribution in [1.82, 2.24) is 10.5 Å². The standard InChI is InChI=1S/C8H11N3O4/c9-10-15-6(12)1-2-11-7(13)4-3-5(4)8(11)14/h4-5,10H,1-3,9H2. The number of hydrogen-bond donors (Lipinski definition) is 2. The van der Waals surface area contributed by atoms with E-state index in [2.05, 4.69) is 4.84 Å². The summed E-state index contributed by atoms with van der Waals surface area (Å²) >= 11 is 0. The van der Waals surface area contributed by atoms with E-state index in [1.165, 1.54) is 0 Å². The molecule has 1 aliphatic heterocycles. The van der Waals surface area contributed by atoms with Crippen LogP contribution >= 0.6 is 0 Å². The van der Waals surface area contributed by atoms with E-state index in [1.807, 2.05) is 0 Å². The fourth-order valence-electron chi connectivity index (χ4n) is 1.79. The van der Waals surface area contributed by atoms with Gasteiger partial charge in [0.1, 0.15) is 0 Å². The predicted octanol–water partition coefficient (Wildman–Crippen LogP) is -1.70. The molecule has 15 heavy (non-hydrogen) atoms. The van der Waals surface area contributed by atoms with Crippen molar-refractivity contribution in [3.8, 4) is 0 Å². The number of carbonyl (C=O) groups is 3. The van der Waals surface area contributed by atoms with E-state index >= 15 is 0 Å². The van der Waals surface area contributed by atoms with E-state index in [4.69, 9.17) is 5.84 Å². The molecule has 7 heteroatoms. The molecular weight excluding hydrogens is 202 g/mol. The van der Waals surface area contributed by atoms with Gasteiger partial charge < -0.3 is 4.84 Å². The lowest BCUT2D eigenvalue weighted by Gasteiger charge is -2.15. The molecule has 2 amide bonds. The van der Waals surface area contributed by atoms with Crippen LogP contribution in [0.4, 0.5) is 0 Å². The van der Waals surface area contributed by atoms with Crippen LogP contribution in [0.1, 0.15) is 12.8 Å². The van der Waals surface area contributed by atoms with Crippen LogP contribution in [-0.4, -0.2) is 29.2 Å². The second-order valence-corrected chi connectivity index (χ2v) is 3.62. The second kappa shape index (κ2) is 3.59. The van der Waals surface area contributed by atoms with Crippen molar-refractivity contribution in [3.05, 3.63) is 0 Å². The Morgan fingerprint density at radius 1 is 1.47 bits per heavy atom. The molecule has 1 saturated carbocycles. The van der Waals surface area contributed by atoms with Crippen LogP contribution in [0, 0.1) is 11.8 Å². The van der Waals surface area contributed by atoms with Crippen molar-refractivity contribution in [2.24, 2.45) is 17.7 Å². The molecule has 1 aliphatic carbocycles. The predicted molar refractivity (Wildman–Crippen MR) is 46.3 cm³/mol. The first-order chi connectivity index (χ1) is 7.15. The van der Waals surface area contributed by atoms with Crippen LogP contribution in [0.5, 0.6) is 0 Å². The number of nitrogens with one attached hydrogen (secondary N) is 1. The molecule has 2 unspecified atom stereocenters. The minimum atomic E-state index is -0.598. The molecule has 0 aromatic carbocycles. The van der Waals surface area contributed by atoms with Crippen molar-refractivity contribution in [2.75, 3.05) is 6.54 Å². The Balaban J connectivity index is 1.83. The highest BCUT2D eigenvalue weighted by atomic mass is 16.7. The molecule has 2 fully saturated rings. The van der Waals surface area contributed by atoms with E-state index in [9.17, 15) is 14.4 Å². The van der Waals surface area contributed by atoms with Crippen LogP contribution in [0.25, 0.3) is 0 Å². The largest absolute Gasteiger partial charge is 0.356 e. The summed E-state index contributed by atoms with van der Waals surface area (Å²) in [5.74, 6) is 3.57. The second-order valence-electron chi connectivity index (χ2n) is 3.62. The summed E-state index contributed by atoms with van der Waals surface area (Å²) in [5, 5.41) is 0. The molecule has 3 N–H and O–H groups in total. The van der Waals surface area contributed by atoms with Gasteiger partial charge in [-0.1, -0.05) is 5.59 Å². The van der Waals surface area contributed by atoms with Gasteiger partial charge in [0.25, 0.3) is 0 Å². The average Bonchev–Trinajstić information content (AvgIpc) is 2.92. The third-order valence-corrected chi connectivity index (χ3v) is 2.67. The molecule has 0 aromatic rings. The zero-order chi connectivity index (χ0) is 11.0. The number of imide groups is 1. The van der Waals surface area contributed by atoms with Gasteiger partial charge in [-0.2, -0.15) is 0 Å².